The summed E-state index contributed by atoms with van der Waals surface area (Å²) < 4.78 is 0. The van der Waals surface area contributed by atoms with Crippen molar-refractivity contribution in [2.45, 2.75) is 33.2 Å². The molecule has 0 fully saturated rings. The van der Waals surface area contributed by atoms with Gasteiger partial charge in [0.25, 0.3) is 11.1 Å². The lowest BCUT2D eigenvalue weighted by Crippen LogP contribution is -2.32. The van der Waals surface area contributed by atoms with Crippen LogP contribution >= 0.6 is 11.3 Å². The minimum atomic E-state index is -0.474. The lowest BCUT2D eigenvalue weighted by Gasteiger charge is -2.12. The van der Waals surface area contributed by atoms with Crippen molar-refractivity contribution in [3.05, 3.63) is 47.9 Å². The fourth-order valence-electron chi connectivity index (χ4n) is 2.07. The lowest BCUT2D eigenvalue weighted by atomic mass is 10.1. The van der Waals surface area contributed by atoms with E-state index in [1.807, 2.05) is 20.8 Å². The van der Waals surface area contributed by atoms with Crippen LogP contribution in [-0.2, 0) is 11.2 Å². The Morgan fingerprint density at radius 3 is 2.71 bits per heavy atom. The zero-order valence-corrected chi connectivity index (χ0v) is 12.8. The van der Waals surface area contributed by atoms with Crippen molar-refractivity contribution >= 4 is 17.2 Å². The summed E-state index contributed by atoms with van der Waals surface area (Å²) >= 11 is 1.57. The van der Waals surface area contributed by atoms with Gasteiger partial charge in [-0.3, -0.25) is 24.6 Å². The third-order valence-corrected chi connectivity index (χ3v) is 3.88. The van der Waals surface area contributed by atoms with Gasteiger partial charge < -0.3 is 5.32 Å². The Kier molecular flexibility index (Phi) is 4.37. The molecule has 3 N–H and O–H groups in total. The summed E-state index contributed by atoms with van der Waals surface area (Å²) in [5.41, 5.74) is 0.0369. The van der Waals surface area contributed by atoms with Crippen LogP contribution in [0.15, 0.2) is 15.7 Å². The van der Waals surface area contributed by atoms with E-state index in [1.165, 1.54) is 0 Å². The Hall–Kier alpha value is -2.22. The molecule has 0 aliphatic heterocycles. The van der Waals surface area contributed by atoms with Gasteiger partial charge in [-0.05, 0) is 20.8 Å². The Labute approximate surface area is 124 Å². The van der Waals surface area contributed by atoms with Crippen molar-refractivity contribution in [1.82, 2.24) is 20.5 Å². The molecule has 1 amide bonds. The summed E-state index contributed by atoms with van der Waals surface area (Å²) in [5.74, 6) is -0.330. The average molecular weight is 308 g/mol. The Morgan fingerprint density at radius 1 is 1.38 bits per heavy atom. The summed E-state index contributed by atoms with van der Waals surface area (Å²) in [6, 6.07) is 0.880. The highest BCUT2D eigenvalue weighted by Crippen LogP contribution is 2.22. The number of hydrogen-bond acceptors (Lipinski definition) is 5. The fourth-order valence-corrected chi connectivity index (χ4v) is 2.98. The second kappa shape index (κ2) is 6.04. The van der Waals surface area contributed by atoms with Crippen LogP contribution < -0.4 is 16.4 Å². The van der Waals surface area contributed by atoms with Crippen molar-refractivity contribution in [3.63, 3.8) is 0 Å². The molecule has 2 heterocycles. The Morgan fingerprint density at radius 2 is 2.10 bits per heavy atom. The highest BCUT2D eigenvalue weighted by molar-refractivity contribution is 7.11. The quantitative estimate of drug-likeness (QED) is 0.766. The Bertz CT molecular complexity index is 774. The van der Waals surface area contributed by atoms with Gasteiger partial charge in [-0.1, -0.05) is 0 Å². The fraction of sp³-hybridized carbons (Fsp3) is 0.385. The molecular formula is C13H16N4O3S. The number of nitrogens with one attached hydrogen (secondary N) is 3. The second-order valence-corrected chi connectivity index (χ2v) is 6.16. The molecule has 0 spiro atoms. The molecule has 8 heteroatoms. The van der Waals surface area contributed by atoms with Crippen LogP contribution in [-0.4, -0.2) is 21.1 Å². The van der Waals surface area contributed by atoms with E-state index in [2.05, 4.69) is 20.5 Å². The molecule has 0 aliphatic carbocycles. The van der Waals surface area contributed by atoms with E-state index in [0.29, 0.717) is 0 Å². The first-order chi connectivity index (χ1) is 9.86. The number of aromatic amines is 2. The number of H-pyrrole nitrogens is 2. The van der Waals surface area contributed by atoms with Gasteiger partial charge in [0.15, 0.2) is 0 Å². The Balaban J connectivity index is 2.08. The van der Waals surface area contributed by atoms with E-state index in [1.54, 1.807) is 11.3 Å². The molecule has 0 aliphatic rings. The topological polar surface area (TPSA) is 108 Å². The highest BCUT2D eigenvalue weighted by Gasteiger charge is 2.16. The molecule has 0 saturated heterocycles. The summed E-state index contributed by atoms with van der Waals surface area (Å²) in [7, 11) is 0. The number of amides is 1. The molecule has 112 valence electrons. The minimum Gasteiger partial charge on any atom is -0.348 e. The molecule has 0 unspecified atom stereocenters. The molecule has 7 nitrogen and oxygen atoms in total. The van der Waals surface area contributed by atoms with Crippen molar-refractivity contribution < 1.29 is 4.79 Å². The van der Waals surface area contributed by atoms with Crippen LogP contribution in [0.4, 0.5) is 0 Å². The maximum Gasteiger partial charge on any atom is 0.266 e. The number of thiazole rings is 1. The number of carbonyl (C=O) groups is 1. The highest BCUT2D eigenvalue weighted by atomic mass is 32.1. The molecule has 2 aromatic rings. The average Bonchev–Trinajstić information content (AvgIpc) is 2.73. The molecule has 0 bridgehead atoms. The predicted octanol–water partition coefficient (Wildman–Crippen LogP) is 0.556. The maximum absolute atomic E-state index is 12.0. The number of nitrogens with zero attached hydrogens (tertiary/aromatic N) is 1. The summed E-state index contributed by atoms with van der Waals surface area (Å²) in [6.07, 6.45) is -0.147. The summed E-state index contributed by atoms with van der Waals surface area (Å²) in [5, 5.41) is 8.07. The smallest absolute Gasteiger partial charge is 0.266 e. The number of carbonyl (C=O) groups excluding carboxylic acids is 1. The van der Waals surface area contributed by atoms with Gasteiger partial charge in [0.05, 0.1) is 23.2 Å². The normalized spacial score (nSPS) is 12.1. The van der Waals surface area contributed by atoms with E-state index in [0.717, 1.165) is 21.6 Å². The first kappa shape index (κ1) is 15.2. The van der Waals surface area contributed by atoms with Crippen molar-refractivity contribution in [3.8, 4) is 0 Å². The van der Waals surface area contributed by atoms with E-state index in [9.17, 15) is 14.4 Å². The van der Waals surface area contributed by atoms with Gasteiger partial charge in [-0.2, -0.15) is 0 Å². The molecule has 2 aromatic heterocycles. The van der Waals surface area contributed by atoms with Crippen LogP contribution in [0.25, 0.3) is 0 Å². The number of aryl methyl sites for hydroxylation is 2. The zero-order chi connectivity index (χ0) is 15.6. The van der Waals surface area contributed by atoms with Crippen LogP contribution in [0.5, 0.6) is 0 Å². The summed E-state index contributed by atoms with van der Waals surface area (Å²) in [6.45, 7) is 5.69. The van der Waals surface area contributed by atoms with Crippen LogP contribution in [0, 0.1) is 13.8 Å². The van der Waals surface area contributed by atoms with Gasteiger partial charge >= 0.3 is 0 Å². The zero-order valence-electron chi connectivity index (χ0n) is 11.9. The van der Waals surface area contributed by atoms with Gasteiger partial charge in [0, 0.05) is 16.5 Å². The van der Waals surface area contributed by atoms with E-state index in [4.69, 9.17) is 0 Å². The van der Waals surface area contributed by atoms with Crippen molar-refractivity contribution in [2.75, 3.05) is 0 Å². The predicted molar refractivity (Wildman–Crippen MR) is 79.5 cm³/mol. The van der Waals surface area contributed by atoms with Crippen molar-refractivity contribution in [2.24, 2.45) is 0 Å². The van der Waals surface area contributed by atoms with Crippen LogP contribution in [0.1, 0.15) is 34.1 Å². The SMILES string of the molecule is Cc1nc([C@H](C)NC(=O)Cc2cc(=O)[nH][nH]c2=O)c(C)s1. The summed E-state index contributed by atoms with van der Waals surface area (Å²) in [4.78, 5) is 40.1. The van der Waals surface area contributed by atoms with Crippen LogP contribution in [0.3, 0.4) is 0 Å². The largest absolute Gasteiger partial charge is 0.348 e. The first-order valence-electron chi connectivity index (χ1n) is 6.41. The van der Waals surface area contributed by atoms with Gasteiger partial charge in [-0.15, -0.1) is 11.3 Å². The van der Waals surface area contributed by atoms with Gasteiger partial charge in [0.2, 0.25) is 5.91 Å². The lowest BCUT2D eigenvalue weighted by molar-refractivity contribution is -0.121. The molecule has 21 heavy (non-hydrogen) atoms. The molecule has 0 aromatic carbocycles. The number of hydrogen-bond donors (Lipinski definition) is 3. The number of aromatic nitrogens is 3. The standard InChI is InChI=1S/C13H16N4O3S/c1-6(12-7(2)21-8(3)15-12)14-10(18)4-9-5-11(19)16-17-13(9)20/h5-6H,4H2,1-3H3,(H,14,18)(H,16,19)(H,17,20)/t6-/m0/s1. The molecular weight excluding hydrogens is 292 g/mol. The second-order valence-electron chi connectivity index (χ2n) is 4.75. The molecule has 1 atom stereocenters. The molecule has 2 rings (SSSR count). The van der Waals surface area contributed by atoms with Gasteiger partial charge in [0.1, 0.15) is 0 Å². The number of rotatable bonds is 4. The monoisotopic (exact) mass is 308 g/mol. The molecule has 0 radical (unpaired) electrons. The third kappa shape index (κ3) is 3.66. The third-order valence-electron chi connectivity index (χ3n) is 2.97. The van der Waals surface area contributed by atoms with Crippen molar-refractivity contribution in [1.29, 1.82) is 0 Å². The van der Waals surface area contributed by atoms with E-state index < -0.39 is 11.1 Å². The van der Waals surface area contributed by atoms with E-state index >= 15 is 0 Å². The molecule has 0 saturated carbocycles. The van der Waals surface area contributed by atoms with Crippen LogP contribution in [0.2, 0.25) is 0 Å². The maximum atomic E-state index is 12.0. The first-order valence-corrected chi connectivity index (χ1v) is 7.22. The van der Waals surface area contributed by atoms with Gasteiger partial charge in [-0.25, -0.2) is 4.98 Å². The minimum absolute atomic E-state index is 0.134. The van der Waals surface area contributed by atoms with E-state index in [-0.39, 0.29) is 23.9 Å².